The van der Waals surface area contributed by atoms with E-state index in [-0.39, 0.29) is 38.0 Å². The van der Waals surface area contributed by atoms with Gasteiger partial charge >= 0.3 is 17.9 Å². The molecule has 0 spiro atoms. The van der Waals surface area contributed by atoms with Crippen molar-refractivity contribution in [1.82, 2.24) is 0 Å². The van der Waals surface area contributed by atoms with E-state index in [1.165, 1.54) is 161 Å². The van der Waals surface area contributed by atoms with E-state index in [1.807, 2.05) is 6.08 Å². The molecule has 0 amide bonds. The Bertz CT molecular complexity index is 1540. The fraction of sp³-hybridized carbons (Fsp3) is 0.700. The molecule has 6 heteroatoms. The fourth-order valence-electron chi connectivity index (χ4n) is 8.86. The maximum atomic E-state index is 12.8. The summed E-state index contributed by atoms with van der Waals surface area (Å²) in [6.45, 7) is 6.31. The van der Waals surface area contributed by atoms with E-state index in [0.29, 0.717) is 19.3 Å². The van der Waals surface area contributed by atoms with E-state index >= 15 is 0 Å². The monoisotopic (exact) mass is 1050 g/mol. The molecule has 1 unspecified atom stereocenters. The van der Waals surface area contributed by atoms with Crippen LogP contribution in [-0.4, -0.2) is 37.2 Å². The molecule has 0 aromatic carbocycles. The van der Waals surface area contributed by atoms with Crippen molar-refractivity contribution in [2.45, 2.75) is 303 Å². The summed E-state index contributed by atoms with van der Waals surface area (Å²) in [6, 6.07) is 0. The number of ether oxygens (including phenoxy) is 3. The standard InChI is InChI=1S/C70H118O6/c1-4-7-10-13-16-19-22-25-28-29-30-31-32-33-34-35-36-37-38-39-40-43-45-48-51-54-57-60-63-69(72)75-66-67(76-70(73)64-61-58-55-52-49-46-42-27-24-21-18-15-12-9-6-3)65-74-68(71)62-59-56-53-50-47-44-41-26-23-20-17-14-11-8-5-2/h8-9,11-12,17-18,20-21,26-27,41-42,47,49-50,52,58,61,67H,4-7,10,13-16,19,22-25,28-40,43-46,48,51,53-57,59-60,62-66H2,1-3H3/b11-8-,12-9-,20-17-,21-18-,41-26-,42-27-,50-47-,52-49-,61-58-. The van der Waals surface area contributed by atoms with Crippen LogP contribution in [0.25, 0.3) is 0 Å². The van der Waals surface area contributed by atoms with Crippen molar-refractivity contribution in [2.75, 3.05) is 13.2 Å². The van der Waals surface area contributed by atoms with E-state index in [2.05, 4.69) is 118 Å². The van der Waals surface area contributed by atoms with Crippen LogP contribution >= 0.6 is 0 Å². The maximum absolute atomic E-state index is 12.8. The summed E-state index contributed by atoms with van der Waals surface area (Å²) < 4.78 is 16.7. The zero-order valence-corrected chi connectivity index (χ0v) is 49.7. The number of unbranched alkanes of at least 4 members (excludes halogenated alkanes) is 29. The number of rotatable bonds is 57. The van der Waals surface area contributed by atoms with Crippen LogP contribution in [0.5, 0.6) is 0 Å². The molecule has 0 aliphatic heterocycles. The van der Waals surface area contributed by atoms with E-state index in [0.717, 1.165) is 83.5 Å². The second kappa shape index (κ2) is 63.6. The molecule has 0 aromatic heterocycles. The molecule has 1 atom stereocenters. The van der Waals surface area contributed by atoms with Crippen LogP contribution < -0.4 is 0 Å². The van der Waals surface area contributed by atoms with Crippen molar-refractivity contribution < 1.29 is 28.6 Å². The largest absolute Gasteiger partial charge is 0.462 e. The highest BCUT2D eigenvalue weighted by atomic mass is 16.6. The molecule has 0 heterocycles. The predicted molar refractivity (Wildman–Crippen MR) is 330 cm³/mol. The summed E-state index contributed by atoms with van der Waals surface area (Å²) >= 11 is 0. The highest BCUT2D eigenvalue weighted by Crippen LogP contribution is 2.17. The lowest BCUT2D eigenvalue weighted by molar-refractivity contribution is -0.166. The van der Waals surface area contributed by atoms with Crippen molar-refractivity contribution in [3.05, 3.63) is 109 Å². The number of allylic oxidation sites excluding steroid dienone is 17. The van der Waals surface area contributed by atoms with Gasteiger partial charge in [-0.15, -0.1) is 0 Å². The Morgan fingerprint density at radius 3 is 0.868 bits per heavy atom. The Morgan fingerprint density at radius 2 is 0.553 bits per heavy atom. The van der Waals surface area contributed by atoms with Gasteiger partial charge in [0, 0.05) is 12.8 Å². The van der Waals surface area contributed by atoms with Crippen LogP contribution in [0.15, 0.2) is 109 Å². The van der Waals surface area contributed by atoms with Gasteiger partial charge in [0.25, 0.3) is 0 Å². The second-order valence-electron chi connectivity index (χ2n) is 20.9. The summed E-state index contributed by atoms with van der Waals surface area (Å²) in [6.07, 6.45) is 87.2. The minimum Gasteiger partial charge on any atom is -0.462 e. The molecule has 0 N–H and O–H groups in total. The van der Waals surface area contributed by atoms with Crippen molar-refractivity contribution >= 4 is 17.9 Å². The molecule has 0 saturated heterocycles. The molecule has 0 bridgehead atoms. The van der Waals surface area contributed by atoms with Gasteiger partial charge in [0.05, 0.1) is 6.42 Å². The summed E-state index contributed by atoms with van der Waals surface area (Å²) in [7, 11) is 0. The van der Waals surface area contributed by atoms with Gasteiger partial charge < -0.3 is 14.2 Å². The average Bonchev–Trinajstić information content (AvgIpc) is 3.42. The molecule has 0 aliphatic rings. The number of esters is 3. The molecule has 0 fully saturated rings. The van der Waals surface area contributed by atoms with E-state index in [4.69, 9.17) is 14.2 Å². The molecule has 0 aromatic rings. The van der Waals surface area contributed by atoms with Crippen molar-refractivity contribution in [3.63, 3.8) is 0 Å². The highest BCUT2D eigenvalue weighted by molar-refractivity contribution is 5.72. The Hall–Kier alpha value is -3.93. The van der Waals surface area contributed by atoms with Crippen LogP contribution in [0.2, 0.25) is 0 Å². The van der Waals surface area contributed by atoms with Gasteiger partial charge in [-0.1, -0.05) is 304 Å². The molecule has 6 nitrogen and oxygen atoms in total. The molecule has 76 heavy (non-hydrogen) atoms. The SMILES string of the molecule is CC/C=C\C/C=C\C/C=C\C/C=C\C/C=C\CC(=O)OC(COC(=O)CCCC/C=C\C/C=C\C/C=C\C/C=C\CC)COC(=O)CCCCCCCCCCCCCCCCCCCCCCCCCCCCCC. The number of hydrogen-bond acceptors (Lipinski definition) is 6. The second-order valence-corrected chi connectivity index (χ2v) is 20.9. The zero-order chi connectivity index (χ0) is 55.0. The molecule has 0 aliphatic carbocycles. The Morgan fingerprint density at radius 1 is 0.289 bits per heavy atom. The topological polar surface area (TPSA) is 78.9 Å². The van der Waals surface area contributed by atoms with Gasteiger partial charge in [0.2, 0.25) is 0 Å². The first-order valence-electron chi connectivity index (χ1n) is 31.9. The molecular weight excluding hydrogens is 937 g/mol. The Balaban J connectivity index is 4.32. The number of hydrogen-bond donors (Lipinski definition) is 0. The van der Waals surface area contributed by atoms with Crippen LogP contribution in [0.1, 0.15) is 297 Å². The summed E-state index contributed by atoms with van der Waals surface area (Å²) in [4.78, 5) is 38.2. The molecule has 434 valence electrons. The Labute approximate surface area is 470 Å². The highest BCUT2D eigenvalue weighted by Gasteiger charge is 2.19. The lowest BCUT2D eigenvalue weighted by Crippen LogP contribution is -2.30. The quantitative estimate of drug-likeness (QED) is 0.0261. The number of carbonyl (C=O) groups excluding carboxylic acids is 3. The van der Waals surface area contributed by atoms with Crippen LogP contribution in [0.3, 0.4) is 0 Å². The number of carbonyl (C=O) groups is 3. The third-order valence-corrected chi connectivity index (χ3v) is 13.6. The first-order chi connectivity index (χ1) is 37.5. The lowest BCUT2D eigenvalue weighted by Gasteiger charge is -2.18. The minimum absolute atomic E-state index is 0.0862. The normalized spacial score (nSPS) is 12.8. The van der Waals surface area contributed by atoms with Gasteiger partial charge in [0.15, 0.2) is 6.10 Å². The van der Waals surface area contributed by atoms with Crippen LogP contribution in [-0.2, 0) is 28.6 Å². The van der Waals surface area contributed by atoms with Gasteiger partial charge in [0.1, 0.15) is 13.2 Å². The molecule has 0 saturated carbocycles. The lowest BCUT2D eigenvalue weighted by atomic mass is 10.0. The van der Waals surface area contributed by atoms with Gasteiger partial charge in [-0.3, -0.25) is 14.4 Å². The molecule has 0 radical (unpaired) electrons. The van der Waals surface area contributed by atoms with Crippen LogP contribution in [0, 0.1) is 0 Å². The van der Waals surface area contributed by atoms with Crippen molar-refractivity contribution in [1.29, 1.82) is 0 Å². The first-order valence-corrected chi connectivity index (χ1v) is 31.9. The maximum Gasteiger partial charge on any atom is 0.310 e. The zero-order valence-electron chi connectivity index (χ0n) is 49.7. The summed E-state index contributed by atoms with van der Waals surface area (Å²) in [5.41, 5.74) is 0. The third-order valence-electron chi connectivity index (χ3n) is 13.6. The van der Waals surface area contributed by atoms with Gasteiger partial charge in [-0.25, -0.2) is 0 Å². The average molecular weight is 1060 g/mol. The third kappa shape index (κ3) is 60.9. The van der Waals surface area contributed by atoms with E-state index in [1.54, 1.807) is 6.08 Å². The molecule has 0 rings (SSSR count). The van der Waals surface area contributed by atoms with Gasteiger partial charge in [-0.05, 0) is 83.5 Å². The van der Waals surface area contributed by atoms with Gasteiger partial charge in [-0.2, -0.15) is 0 Å². The van der Waals surface area contributed by atoms with E-state index < -0.39 is 12.1 Å². The van der Waals surface area contributed by atoms with Crippen molar-refractivity contribution in [2.24, 2.45) is 0 Å². The Kier molecular flexibility index (Phi) is 60.3. The first kappa shape index (κ1) is 72.1. The smallest absolute Gasteiger partial charge is 0.310 e. The van der Waals surface area contributed by atoms with Crippen LogP contribution in [0.4, 0.5) is 0 Å². The predicted octanol–water partition coefficient (Wildman–Crippen LogP) is 21.8. The summed E-state index contributed by atoms with van der Waals surface area (Å²) in [5.74, 6) is -1.10. The molecular formula is C70H118O6. The minimum atomic E-state index is -0.851. The summed E-state index contributed by atoms with van der Waals surface area (Å²) in [5, 5.41) is 0. The fourth-order valence-corrected chi connectivity index (χ4v) is 8.86. The van der Waals surface area contributed by atoms with Crippen molar-refractivity contribution in [3.8, 4) is 0 Å². The van der Waals surface area contributed by atoms with E-state index in [9.17, 15) is 14.4 Å².